The predicted octanol–water partition coefficient (Wildman–Crippen LogP) is 3.98. The molecule has 0 aromatic heterocycles. The molecule has 7 heteroatoms. The second kappa shape index (κ2) is 10.1. The molecule has 148 valence electrons. The van der Waals surface area contributed by atoms with Crippen molar-refractivity contribution in [3.63, 3.8) is 0 Å². The Morgan fingerprint density at radius 3 is 2.17 bits per heavy atom. The molecule has 0 unspecified atom stereocenters. The van der Waals surface area contributed by atoms with Gasteiger partial charge in [0.15, 0.2) is 5.11 Å². The van der Waals surface area contributed by atoms with Crippen LogP contribution in [0, 0.1) is 0 Å². The van der Waals surface area contributed by atoms with Crippen molar-refractivity contribution in [2.75, 3.05) is 18.5 Å². The molecule has 0 spiro atoms. The summed E-state index contributed by atoms with van der Waals surface area (Å²) in [7, 11) is 0. The van der Waals surface area contributed by atoms with Crippen molar-refractivity contribution in [1.29, 1.82) is 0 Å². The SMILES string of the molecule is O=C(NC(=S)Nc1cccc(O)c1)c1ccc(OCCOc2ccccc2)cc1. The van der Waals surface area contributed by atoms with Gasteiger partial charge in [-0.3, -0.25) is 10.1 Å². The minimum atomic E-state index is -0.346. The van der Waals surface area contributed by atoms with Gasteiger partial charge in [0.05, 0.1) is 0 Å². The van der Waals surface area contributed by atoms with E-state index < -0.39 is 0 Å². The lowest BCUT2D eigenvalue weighted by atomic mass is 10.2. The number of anilines is 1. The highest BCUT2D eigenvalue weighted by atomic mass is 32.1. The smallest absolute Gasteiger partial charge is 0.257 e. The van der Waals surface area contributed by atoms with Crippen molar-refractivity contribution in [3.8, 4) is 17.2 Å². The highest BCUT2D eigenvalue weighted by molar-refractivity contribution is 7.80. The van der Waals surface area contributed by atoms with Gasteiger partial charge < -0.3 is 19.9 Å². The van der Waals surface area contributed by atoms with E-state index >= 15 is 0 Å². The van der Waals surface area contributed by atoms with E-state index in [1.807, 2.05) is 30.3 Å². The molecular formula is C22H20N2O4S. The van der Waals surface area contributed by atoms with Crippen LogP contribution in [0.25, 0.3) is 0 Å². The maximum absolute atomic E-state index is 12.3. The fraction of sp³-hybridized carbons (Fsp3) is 0.0909. The van der Waals surface area contributed by atoms with Crippen LogP contribution in [0.15, 0.2) is 78.9 Å². The van der Waals surface area contributed by atoms with Gasteiger partial charge in [0.25, 0.3) is 5.91 Å². The highest BCUT2D eigenvalue weighted by Gasteiger charge is 2.08. The Morgan fingerprint density at radius 2 is 1.52 bits per heavy atom. The molecule has 3 aromatic rings. The van der Waals surface area contributed by atoms with E-state index in [1.165, 1.54) is 6.07 Å². The minimum absolute atomic E-state index is 0.105. The van der Waals surface area contributed by atoms with Crippen LogP contribution >= 0.6 is 12.2 Å². The molecule has 6 nitrogen and oxygen atoms in total. The standard InChI is InChI=1S/C22H20N2O4S/c25-18-6-4-5-17(15-18)23-22(29)24-21(26)16-9-11-20(12-10-16)28-14-13-27-19-7-2-1-3-8-19/h1-12,15,25H,13-14H2,(H2,23,24,26,29). The van der Waals surface area contributed by atoms with Gasteiger partial charge in [-0.15, -0.1) is 0 Å². The monoisotopic (exact) mass is 408 g/mol. The Bertz CT molecular complexity index is 962. The fourth-order valence-electron chi connectivity index (χ4n) is 2.46. The van der Waals surface area contributed by atoms with Crippen molar-refractivity contribution in [3.05, 3.63) is 84.4 Å². The molecule has 0 saturated carbocycles. The van der Waals surface area contributed by atoms with Crippen LogP contribution in [0.2, 0.25) is 0 Å². The molecule has 0 heterocycles. The highest BCUT2D eigenvalue weighted by Crippen LogP contribution is 2.16. The Balaban J connectivity index is 1.43. The molecule has 3 aromatic carbocycles. The fourth-order valence-corrected chi connectivity index (χ4v) is 2.67. The maximum atomic E-state index is 12.3. The Hall–Kier alpha value is -3.58. The number of thiocarbonyl (C=S) groups is 1. The van der Waals surface area contributed by atoms with Crippen molar-refractivity contribution in [1.82, 2.24) is 5.32 Å². The molecule has 1 amide bonds. The molecule has 0 bridgehead atoms. The van der Waals surface area contributed by atoms with E-state index in [9.17, 15) is 9.90 Å². The molecule has 0 aliphatic heterocycles. The van der Waals surface area contributed by atoms with Gasteiger partial charge in [-0.25, -0.2) is 0 Å². The van der Waals surface area contributed by atoms with Crippen LogP contribution in [-0.2, 0) is 0 Å². The second-order valence-electron chi connectivity index (χ2n) is 5.99. The summed E-state index contributed by atoms with van der Waals surface area (Å²) in [5, 5.41) is 15.0. The number of ether oxygens (including phenoxy) is 2. The summed E-state index contributed by atoms with van der Waals surface area (Å²) in [5.41, 5.74) is 1.02. The van der Waals surface area contributed by atoms with Crippen molar-refractivity contribution in [2.45, 2.75) is 0 Å². The average Bonchev–Trinajstić information content (AvgIpc) is 2.72. The normalized spacial score (nSPS) is 10.1. The molecule has 0 atom stereocenters. The zero-order valence-corrected chi connectivity index (χ0v) is 16.3. The first-order chi connectivity index (χ1) is 14.1. The lowest BCUT2D eigenvalue weighted by Crippen LogP contribution is -2.34. The number of aromatic hydroxyl groups is 1. The van der Waals surface area contributed by atoms with E-state index in [0.717, 1.165) is 5.75 Å². The van der Waals surface area contributed by atoms with Gasteiger partial charge >= 0.3 is 0 Å². The Kier molecular flexibility index (Phi) is 7.02. The van der Waals surface area contributed by atoms with Gasteiger partial charge in [0, 0.05) is 17.3 Å². The number of carbonyl (C=O) groups is 1. The first kappa shape index (κ1) is 20.2. The largest absolute Gasteiger partial charge is 0.508 e. The third-order valence-corrected chi connectivity index (χ3v) is 4.02. The molecule has 3 rings (SSSR count). The van der Waals surface area contributed by atoms with Crippen LogP contribution in [0.5, 0.6) is 17.2 Å². The first-order valence-corrected chi connectivity index (χ1v) is 9.33. The number of phenolic OH excluding ortho intramolecular Hbond substituents is 1. The van der Waals surface area contributed by atoms with Gasteiger partial charge in [-0.05, 0) is 60.7 Å². The summed E-state index contributed by atoms with van der Waals surface area (Å²) >= 11 is 5.13. The molecule has 0 saturated heterocycles. The predicted molar refractivity (Wildman–Crippen MR) is 116 cm³/mol. The summed E-state index contributed by atoms with van der Waals surface area (Å²) in [6.07, 6.45) is 0. The third-order valence-electron chi connectivity index (χ3n) is 3.81. The Morgan fingerprint density at radius 1 is 0.862 bits per heavy atom. The van der Waals surface area contributed by atoms with Crippen molar-refractivity contribution >= 4 is 28.9 Å². The van der Waals surface area contributed by atoms with Crippen LogP contribution in [0.4, 0.5) is 5.69 Å². The summed E-state index contributed by atoms with van der Waals surface area (Å²) < 4.78 is 11.2. The first-order valence-electron chi connectivity index (χ1n) is 8.92. The summed E-state index contributed by atoms with van der Waals surface area (Å²) in [4.78, 5) is 12.3. The van der Waals surface area contributed by atoms with Gasteiger partial charge in [-0.1, -0.05) is 24.3 Å². The van der Waals surface area contributed by atoms with E-state index in [-0.39, 0.29) is 16.8 Å². The van der Waals surface area contributed by atoms with Crippen LogP contribution < -0.4 is 20.1 Å². The zero-order valence-electron chi connectivity index (χ0n) is 15.5. The minimum Gasteiger partial charge on any atom is -0.508 e. The van der Waals surface area contributed by atoms with Gasteiger partial charge in [-0.2, -0.15) is 0 Å². The van der Waals surface area contributed by atoms with E-state index in [2.05, 4.69) is 10.6 Å². The number of nitrogens with one attached hydrogen (secondary N) is 2. The molecule has 3 N–H and O–H groups in total. The number of phenols is 1. The van der Waals surface area contributed by atoms with E-state index in [4.69, 9.17) is 21.7 Å². The second-order valence-corrected chi connectivity index (χ2v) is 6.40. The maximum Gasteiger partial charge on any atom is 0.257 e. The van der Waals surface area contributed by atoms with E-state index in [0.29, 0.717) is 30.2 Å². The topological polar surface area (TPSA) is 79.8 Å². The van der Waals surface area contributed by atoms with Gasteiger partial charge in [0.2, 0.25) is 0 Å². The molecule has 0 aliphatic carbocycles. The van der Waals surface area contributed by atoms with Crippen LogP contribution in [0.3, 0.4) is 0 Å². The lowest BCUT2D eigenvalue weighted by molar-refractivity contribution is 0.0977. The van der Waals surface area contributed by atoms with E-state index in [1.54, 1.807) is 42.5 Å². The molecule has 0 fully saturated rings. The molecule has 29 heavy (non-hydrogen) atoms. The zero-order chi connectivity index (χ0) is 20.5. The average molecular weight is 408 g/mol. The van der Waals surface area contributed by atoms with Crippen LogP contribution in [0.1, 0.15) is 10.4 Å². The van der Waals surface area contributed by atoms with Crippen molar-refractivity contribution in [2.24, 2.45) is 0 Å². The summed E-state index contributed by atoms with van der Waals surface area (Å²) in [6, 6.07) is 22.7. The number of rotatable bonds is 7. The summed E-state index contributed by atoms with van der Waals surface area (Å²) in [6.45, 7) is 0.805. The molecular weight excluding hydrogens is 388 g/mol. The summed E-state index contributed by atoms with van der Waals surface area (Å²) in [5.74, 6) is 1.19. The quantitative estimate of drug-likeness (QED) is 0.405. The Labute approximate surface area is 174 Å². The number of hydrogen-bond donors (Lipinski definition) is 3. The number of hydrogen-bond acceptors (Lipinski definition) is 5. The number of amides is 1. The molecule has 0 aliphatic rings. The van der Waals surface area contributed by atoms with Gasteiger partial charge in [0.1, 0.15) is 30.5 Å². The van der Waals surface area contributed by atoms with Crippen LogP contribution in [-0.4, -0.2) is 29.3 Å². The number of benzene rings is 3. The number of carbonyl (C=O) groups excluding carboxylic acids is 1. The number of para-hydroxylation sites is 1. The molecule has 0 radical (unpaired) electrons. The lowest BCUT2D eigenvalue weighted by Gasteiger charge is -2.11. The van der Waals surface area contributed by atoms with Crippen molar-refractivity contribution < 1.29 is 19.4 Å². The third kappa shape index (κ3) is 6.51.